The van der Waals surface area contributed by atoms with Crippen molar-refractivity contribution in [2.24, 2.45) is 11.7 Å². The third kappa shape index (κ3) is 3.98. The molecule has 0 spiro atoms. The smallest absolute Gasteiger partial charge is 0.232 e. The third-order valence-electron chi connectivity index (χ3n) is 2.14. The van der Waals surface area contributed by atoms with Crippen LogP contribution in [0.3, 0.4) is 0 Å². The number of nitrogens with two attached hydrogens (primary N) is 1. The third-order valence-corrected chi connectivity index (χ3v) is 3.78. The van der Waals surface area contributed by atoms with E-state index in [1.807, 2.05) is 0 Å². The van der Waals surface area contributed by atoms with Gasteiger partial charge in [-0.25, -0.2) is 12.8 Å². The quantitative estimate of drug-likeness (QED) is 0.846. The Labute approximate surface area is 101 Å². The van der Waals surface area contributed by atoms with Gasteiger partial charge in [-0.3, -0.25) is 4.72 Å². The van der Waals surface area contributed by atoms with E-state index >= 15 is 0 Å². The Morgan fingerprint density at radius 1 is 1.41 bits per heavy atom. The molecule has 0 amide bonds. The van der Waals surface area contributed by atoms with Crippen LogP contribution in [0.15, 0.2) is 18.2 Å². The molecule has 0 saturated carbocycles. The first-order valence-electron chi connectivity index (χ1n) is 5.33. The van der Waals surface area contributed by atoms with Crippen molar-refractivity contribution in [1.82, 2.24) is 0 Å². The number of hydrogen-bond acceptors (Lipinski definition) is 3. The van der Waals surface area contributed by atoms with Crippen molar-refractivity contribution in [1.29, 1.82) is 0 Å². The largest absolute Gasteiger partial charge is 0.326 e. The van der Waals surface area contributed by atoms with Crippen LogP contribution in [0, 0.1) is 11.7 Å². The summed E-state index contributed by atoms with van der Waals surface area (Å²) in [4.78, 5) is 0. The summed E-state index contributed by atoms with van der Waals surface area (Å²) in [6.07, 6.45) is 0. The van der Waals surface area contributed by atoms with Crippen molar-refractivity contribution in [3.63, 3.8) is 0 Å². The van der Waals surface area contributed by atoms with Gasteiger partial charge in [-0.2, -0.15) is 0 Å². The minimum atomic E-state index is -3.46. The number of rotatable bonds is 5. The molecule has 0 aliphatic heterocycles. The number of hydrogen-bond donors (Lipinski definition) is 2. The van der Waals surface area contributed by atoms with E-state index in [4.69, 9.17) is 5.73 Å². The van der Waals surface area contributed by atoms with Gasteiger partial charge < -0.3 is 5.73 Å². The lowest BCUT2D eigenvalue weighted by Crippen LogP contribution is -2.21. The Kier molecular flexibility index (Phi) is 4.47. The van der Waals surface area contributed by atoms with Gasteiger partial charge in [-0.15, -0.1) is 0 Å². The summed E-state index contributed by atoms with van der Waals surface area (Å²) >= 11 is 0. The van der Waals surface area contributed by atoms with E-state index < -0.39 is 15.8 Å². The Bertz CT molecular complexity index is 486. The molecule has 0 unspecified atom stereocenters. The SMILES string of the molecule is CC(C)CS(=O)(=O)Nc1cccc(F)c1CN. The summed E-state index contributed by atoms with van der Waals surface area (Å²) in [5.74, 6) is -0.507. The molecule has 1 aromatic rings. The summed E-state index contributed by atoms with van der Waals surface area (Å²) in [5.41, 5.74) is 5.79. The molecule has 96 valence electrons. The van der Waals surface area contributed by atoms with Crippen molar-refractivity contribution in [3.8, 4) is 0 Å². The minimum Gasteiger partial charge on any atom is -0.326 e. The summed E-state index contributed by atoms with van der Waals surface area (Å²) in [6, 6.07) is 4.20. The first-order valence-corrected chi connectivity index (χ1v) is 6.99. The maximum atomic E-state index is 13.4. The van der Waals surface area contributed by atoms with Crippen molar-refractivity contribution < 1.29 is 12.8 Å². The summed E-state index contributed by atoms with van der Waals surface area (Å²) in [7, 11) is -3.46. The predicted octanol–water partition coefficient (Wildman–Crippen LogP) is 1.68. The molecular formula is C11H17FN2O2S. The molecule has 0 atom stereocenters. The summed E-state index contributed by atoms with van der Waals surface area (Å²) in [6.45, 7) is 3.55. The fourth-order valence-corrected chi connectivity index (χ4v) is 3.00. The highest BCUT2D eigenvalue weighted by molar-refractivity contribution is 7.92. The fraction of sp³-hybridized carbons (Fsp3) is 0.455. The van der Waals surface area contributed by atoms with E-state index in [0.717, 1.165) is 0 Å². The molecule has 0 aromatic heterocycles. The van der Waals surface area contributed by atoms with Gasteiger partial charge in [0.2, 0.25) is 10.0 Å². The Hall–Kier alpha value is -1.14. The van der Waals surface area contributed by atoms with Crippen LogP contribution in [0.25, 0.3) is 0 Å². The molecule has 1 aromatic carbocycles. The maximum absolute atomic E-state index is 13.4. The zero-order valence-electron chi connectivity index (χ0n) is 9.90. The fourth-order valence-electron chi connectivity index (χ4n) is 1.51. The highest BCUT2D eigenvalue weighted by Crippen LogP contribution is 2.20. The molecule has 1 rings (SSSR count). The number of benzene rings is 1. The zero-order valence-corrected chi connectivity index (χ0v) is 10.7. The van der Waals surface area contributed by atoms with Crippen LogP contribution in [0.5, 0.6) is 0 Å². The van der Waals surface area contributed by atoms with Gasteiger partial charge in [0.25, 0.3) is 0 Å². The number of halogens is 1. The van der Waals surface area contributed by atoms with Gasteiger partial charge in [0, 0.05) is 12.1 Å². The van der Waals surface area contributed by atoms with Crippen LogP contribution in [-0.4, -0.2) is 14.2 Å². The Balaban J connectivity index is 3.00. The molecule has 4 nitrogen and oxygen atoms in total. The predicted molar refractivity (Wildman–Crippen MR) is 66.5 cm³/mol. The van der Waals surface area contributed by atoms with Gasteiger partial charge in [0.05, 0.1) is 11.4 Å². The van der Waals surface area contributed by atoms with Crippen LogP contribution in [0.2, 0.25) is 0 Å². The molecule has 0 fully saturated rings. The second kappa shape index (κ2) is 5.46. The van der Waals surface area contributed by atoms with Crippen LogP contribution in [0.1, 0.15) is 19.4 Å². The van der Waals surface area contributed by atoms with E-state index in [2.05, 4.69) is 4.72 Å². The van der Waals surface area contributed by atoms with Crippen LogP contribution < -0.4 is 10.5 Å². The van der Waals surface area contributed by atoms with Gasteiger partial charge in [0.15, 0.2) is 0 Å². The minimum absolute atomic E-state index is 0.00221. The molecule has 0 aliphatic carbocycles. The first-order chi connectivity index (χ1) is 7.85. The normalized spacial score (nSPS) is 11.8. The van der Waals surface area contributed by atoms with Crippen LogP contribution >= 0.6 is 0 Å². The molecule has 3 N–H and O–H groups in total. The molecular weight excluding hydrogens is 243 g/mol. The lowest BCUT2D eigenvalue weighted by Gasteiger charge is -2.13. The van der Waals surface area contributed by atoms with Gasteiger partial charge in [0.1, 0.15) is 5.82 Å². The molecule has 0 aliphatic rings. The summed E-state index contributed by atoms with van der Waals surface area (Å²) in [5, 5.41) is 0. The van der Waals surface area contributed by atoms with Crippen molar-refractivity contribution >= 4 is 15.7 Å². The first kappa shape index (κ1) is 13.9. The van der Waals surface area contributed by atoms with E-state index in [9.17, 15) is 12.8 Å². The lowest BCUT2D eigenvalue weighted by molar-refractivity contribution is 0.587. The second-order valence-electron chi connectivity index (χ2n) is 4.25. The second-order valence-corrected chi connectivity index (χ2v) is 6.01. The monoisotopic (exact) mass is 260 g/mol. The standard InChI is InChI=1S/C11H17FN2O2S/c1-8(2)7-17(15,16)14-11-5-3-4-10(12)9(11)6-13/h3-5,8,14H,6-7,13H2,1-2H3. The van der Waals surface area contributed by atoms with Crippen molar-refractivity contribution in [2.75, 3.05) is 10.5 Å². The zero-order chi connectivity index (χ0) is 13.1. The average molecular weight is 260 g/mol. The number of anilines is 1. The van der Waals surface area contributed by atoms with Gasteiger partial charge in [-0.1, -0.05) is 19.9 Å². The highest BCUT2D eigenvalue weighted by Gasteiger charge is 2.15. The van der Waals surface area contributed by atoms with Crippen molar-refractivity contribution in [2.45, 2.75) is 20.4 Å². The lowest BCUT2D eigenvalue weighted by atomic mass is 10.2. The highest BCUT2D eigenvalue weighted by atomic mass is 32.2. The summed E-state index contributed by atoms with van der Waals surface area (Å²) < 4.78 is 39.2. The van der Waals surface area contributed by atoms with Crippen LogP contribution in [-0.2, 0) is 16.6 Å². The molecule has 0 saturated heterocycles. The maximum Gasteiger partial charge on any atom is 0.232 e. The molecule has 0 heterocycles. The average Bonchev–Trinajstić information content (AvgIpc) is 2.14. The van der Waals surface area contributed by atoms with E-state index in [0.29, 0.717) is 0 Å². The Morgan fingerprint density at radius 3 is 2.59 bits per heavy atom. The van der Waals surface area contributed by atoms with Crippen LogP contribution in [0.4, 0.5) is 10.1 Å². The Morgan fingerprint density at radius 2 is 2.06 bits per heavy atom. The molecule has 0 radical (unpaired) electrons. The van der Waals surface area contributed by atoms with E-state index in [1.54, 1.807) is 13.8 Å². The molecule has 6 heteroatoms. The van der Waals surface area contributed by atoms with E-state index in [-0.39, 0.29) is 29.5 Å². The van der Waals surface area contributed by atoms with Gasteiger partial charge >= 0.3 is 0 Å². The van der Waals surface area contributed by atoms with E-state index in [1.165, 1.54) is 18.2 Å². The molecule has 17 heavy (non-hydrogen) atoms. The topological polar surface area (TPSA) is 72.2 Å². The van der Waals surface area contributed by atoms with Gasteiger partial charge in [-0.05, 0) is 18.1 Å². The molecule has 0 bridgehead atoms. The number of sulfonamides is 1. The number of nitrogens with one attached hydrogen (secondary N) is 1. The van der Waals surface area contributed by atoms with Crippen molar-refractivity contribution in [3.05, 3.63) is 29.6 Å².